The van der Waals surface area contributed by atoms with Crippen molar-refractivity contribution in [2.75, 3.05) is 0 Å². The molecule has 18 heavy (non-hydrogen) atoms. The minimum absolute atomic E-state index is 0.00327. The molecule has 0 aliphatic heterocycles. The zero-order valence-corrected chi connectivity index (χ0v) is 11.2. The number of rotatable bonds is 4. The number of benzene rings is 1. The lowest BCUT2D eigenvalue weighted by Gasteiger charge is -2.25. The Morgan fingerprint density at radius 2 is 2.00 bits per heavy atom. The van der Waals surface area contributed by atoms with Crippen LogP contribution in [-0.4, -0.2) is 17.1 Å². The molecule has 1 aromatic carbocycles. The van der Waals surface area contributed by atoms with Gasteiger partial charge in [0, 0.05) is 6.54 Å². The van der Waals surface area contributed by atoms with E-state index in [1.54, 1.807) is 0 Å². The molecule has 1 rings (SSSR count). The molecule has 1 amide bonds. The van der Waals surface area contributed by atoms with Crippen molar-refractivity contribution in [2.24, 2.45) is 11.1 Å². The van der Waals surface area contributed by atoms with Gasteiger partial charge >= 0.3 is 0 Å². The van der Waals surface area contributed by atoms with Crippen molar-refractivity contribution in [1.29, 1.82) is 0 Å². The summed E-state index contributed by atoms with van der Waals surface area (Å²) in [4.78, 5) is 11.8. The number of amides is 1. The lowest BCUT2D eigenvalue weighted by molar-refractivity contribution is -0.124. The summed E-state index contributed by atoms with van der Waals surface area (Å²) in [6, 6.07) is 6.94. The van der Waals surface area contributed by atoms with E-state index in [4.69, 9.17) is 10.8 Å². The molecule has 0 aromatic heterocycles. The predicted molar refractivity (Wildman–Crippen MR) is 71.6 cm³/mol. The normalized spacial score (nSPS) is 13.2. The molecule has 0 heterocycles. The summed E-state index contributed by atoms with van der Waals surface area (Å²) in [5.41, 5.74) is 7.40. The van der Waals surface area contributed by atoms with Crippen LogP contribution in [0.15, 0.2) is 24.3 Å². The molecule has 0 saturated heterocycles. The molecule has 0 fully saturated rings. The maximum Gasteiger partial charge on any atom is 0.237 e. The van der Waals surface area contributed by atoms with Gasteiger partial charge < -0.3 is 16.2 Å². The summed E-state index contributed by atoms with van der Waals surface area (Å²) >= 11 is 0. The number of nitrogens with two attached hydrogens (primary N) is 1. The van der Waals surface area contributed by atoms with Gasteiger partial charge in [-0.25, -0.2) is 0 Å². The molecule has 1 aromatic rings. The van der Waals surface area contributed by atoms with Crippen LogP contribution in [0.2, 0.25) is 0 Å². The van der Waals surface area contributed by atoms with Crippen LogP contribution in [0.4, 0.5) is 0 Å². The Hall–Kier alpha value is -1.39. The topological polar surface area (TPSA) is 75.4 Å². The van der Waals surface area contributed by atoms with Gasteiger partial charge in [-0.15, -0.1) is 0 Å². The van der Waals surface area contributed by atoms with E-state index in [1.165, 1.54) is 0 Å². The van der Waals surface area contributed by atoms with Crippen molar-refractivity contribution >= 4 is 5.91 Å². The first kappa shape index (κ1) is 14.7. The molecule has 4 nitrogen and oxygen atoms in total. The summed E-state index contributed by atoms with van der Waals surface area (Å²) in [6.45, 7) is 6.23. The Bertz CT molecular complexity index is 411. The first-order chi connectivity index (χ1) is 8.34. The maximum absolute atomic E-state index is 11.8. The number of aliphatic hydroxyl groups is 1. The van der Waals surface area contributed by atoms with Gasteiger partial charge in [0.05, 0.1) is 12.6 Å². The highest BCUT2D eigenvalue weighted by atomic mass is 16.3. The van der Waals surface area contributed by atoms with Crippen LogP contribution in [0.25, 0.3) is 0 Å². The molecule has 0 saturated carbocycles. The van der Waals surface area contributed by atoms with E-state index >= 15 is 0 Å². The second-order valence-electron chi connectivity index (χ2n) is 5.54. The van der Waals surface area contributed by atoms with E-state index in [1.807, 2.05) is 45.0 Å². The molecule has 100 valence electrons. The fourth-order valence-electron chi connectivity index (χ4n) is 1.53. The van der Waals surface area contributed by atoms with E-state index < -0.39 is 6.04 Å². The molecule has 0 bridgehead atoms. The summed E-state index contributed by atoms with van der Waals surface area (Å²) in [5, 5.41) is 11.8. The fourth-order valence-corrected chi connectivity index (χ4v) is 1.53. The van der Waals surface area contributed by atoms with Crippen molar-refractivity contribution in [3.05, 3.63) is 35.4 Å². The summed E-state index contributed by atoms with van der Waals surface area (Å²) in [6.07, 6.45) is 0. The van der Waals surface area contributed by atoms with E-state index in [9.17, 15) is 4.79 Å². The monoisotopic (exact) mass is 250 g/mol. The smallest absolute Gasteiger partial charge is 0.237 e. The Labute approximate surface area is 108 Å². The third-order valence-corrected chi connectivity index (χ3v) is 2.86. The predicted octanol–water partition coefficient (Wildman–Crippen LogP) is 1.17. The number of nitrogens with one attached hydrogen (secondary N) is 1. The molecule has 0 aliphatic rings. The highest BCUT2D eigenvalue weighted by Gasteiger charge is 2.26. The largest absolute Gasteiger partial charge is 0.392 e. The second kappa shape index (κ2) is 5.98. The van der Waals surface area contributed by atoms with Gasteiger partial charge in [0.1, 0.15) is 0 Å². The third-order valence-electron chi connectivity index (χ3n) is 2.86. The average Bonchev–Trinajstić information content (AvgIpc) is 2.34. The number of carbonyl (C=O) groups is 1. The summed E-state index contributed by atoms with van der Waals surface area (Å²) < 4.78 is 0. The van der Waals surface area contributed by atoms with Crippen molar-refractivity contribution in [2.45, 2.75) is 40.0 Å². The number of aliphatic hydroxyl groups excluding tert-OH is 1. The van der Waals surface area contributed by atoms with Gasteiger partial charge in [0.2, 0.25) is 5.91 Å². The summed E-state index contributed by atoms with van der Waals surface area (Å²) in [5.74, 6) is -0.156. The van der Waals surface area contributed by atoms with Crippen LogP contribution in [-0.2, 0) is 17.9 Å². The van der Waals surface area contributed by atoms with Gasteiger partial charge in [-0.3, -0.25) is 4.79 Å². The van der Waals surface area contributed by atoms with Crippen LogP contribution in [0.1, 0.15) is 31.9 Å². The van der Waals surface area contributed by atoms with Gasteiger partial charge in [0.15, 0.2) is 0 Å². The molecular formula is C14H22N2O2. The van der Waals surface area contributed by atoms with Gasteiger partial charge in [0.25, 0.3) is 0 Å². The van der Waals surface area contributed by atoms with Gasteiger partial charge in [-0.05, 0) is 16.5 Å². The van der Waals surface area contributed by atoms with E-state index in [2.05, 4.69) is 5.32 Å². The van der Waals surface area contributed by atoms with E-state index in [-0.39, 0.29) is 17.9 Å². The van der Waals surface area contributed by atoms with Crippen molar-refractivity contribution < 1.29 is 9.90 Å². The van der Waals surface area contributed by atoms with Crippen molar-refractivity contribution in [3.8, 4) is 0 Å². The standard InChI is InChI=1S/C14H22N2O2/c1-14(2,3)12(15)13(18)16-8-10-5-4-6-11(7-10)9-17/h4-7,12,17H,8-9,15H2,1-3H3,(H,16,18). The lowest BCUT2D eigenvalue weighted by atomic mass is 9.87. The third kappa shape index (κ3) is 4.13. The first-order valence-corrected chi connectivity index (χ1v) is 6.06. The SMILES string of the molecule is CC(C)(C)C(N)C(=O)NCc1cccc(CO)c1. The Morgan fingerprint density at radius 1 is 1.39 bits per heavy atom. The highest BCUT2D eigenvalue weighted by molar-refractivity contribution is 5.82. The first-order valence-electron chi connectivity index (χ1n) is 6.06. The number of carbonyl (C=O) groups excluding carboxylic acids is 1. The molecule has 0 aliphatic carbocycles. The minimum Gasteiger partial charge on any atom is -0.392 e. The zero-order chi connectivity index (χ0) is 13.8. The molecule has 4 N–H and O–H groups in total. The minimum atomic E-state index is -0.529. The fraction of sp³-hybridized carbons (Fsp3) is 0.500. The molecular weight excluding hydrogens is 228 g/mol. The van der Waals surface area contributed by atoms with Crippen LogP contribution >= 0.6 is 0 Å². The molecule has 4 heteroatoms. The summed E-state index contributed by atoms with van der Waals surface area (Å²) in [7, 11) is 0. The van der Waals surface area contributed by atoms with Crippen LogP contribution in [0, 0.1) is 5.41 Å². The molecule has 1 unspecified atom stereocenters. The molecule has 0 radical (unpaired) electrons. The lowest BCUT2D eigenvalue weighted by Crippen LogP contribution is -2.48. The zero-order valence-electron chi connectivity index (χ0n) is 11.2. The Kier molecular flexibility index (Phi) is 4.87. The quantitative estimate of drug-likeness (QED) is 0.751. The average molecular weight is 250 g/mol. The van der Waals surface area contributed by atoms with E-state index in [0.29, 0.717) is 6.54 Å². The molecule has 0 spiro atoms. The number of hydrogen-bond acceptors (Lipinski definition) is 3. The van der Waals surface area contributed by atoms with Crippen LogP contribution < -0.4 is 11.1 Å². The Balaban J connectivity index is 2.57. The van der Waals surface area contributed by atoms with Crippen molar-refractivity contribution in [1.82, 2.24) is 5.32 Å². The van der Waals surface area contributed by atoms with Crippen LogP contribution in [0.5, 0.6) is 0 Å². The number of hydrogen-bond donors (Lipinski definition) is 3. The van der Waals surface area contributed by atoms with Crippen LogP contribution in [0.3, 0.4) is 0 Å². The van der Waals surface area contributed by atoms with Gasteiger partial charge in [-0.1, -0.05) is 45.0 Å². The second-order valence-corrected chi connectivity index (χ2v) is 5.54. The maximum atomic E-state index is 11.8. The Morgan fingerprint density at radius 3 is 2.56 bits per heavy atom. The van der Waals surface area contributed by atoms with Crippen molar-refractivity contribution in [3.63, 3.8) is 0 Å². The van der Waals surface area contributed by atoms with E-state index in [0.717, 1.165) is 11.1 Å². The molecule has 1 atom stereocenters. The highest BCUT2D eigenvalue weighted by Crippen LogP contribution is 2.17. The van der Waals surface area contributed by atoms with Gasteiger partial charge in [-0.2, -0.15) is 0 Å².